The molecule has 0 fully saturated rings. The van der Waals surface area contributed by atoms with Crippen LogP contribution in [0.4, 0.5) is 10.1 Å². The molecule has 4 heteroatoms. The molecular formula is C23H22FN3. The minimum absolute atomic E-state index is 0.233. The number of rotatable bonds is 5. The zero-order chi connectivity index (χ0) is 18.8. The van der Waals surface area contributed by atoms with E-state index in [1.165, 1.54) is 34.3 Å². The minimum Gasteiger partial charge on any atom is -0.379 e. The largest absolute Gasteiger partial charge is 0.379 e. The quantitative estimate of drug-likeness (QED) is 0.513. The van der Waals surface area contributed by atoms with Crippen molar-refractivity contribution in [3.05, 3.63) is 95.2 Å². The first-order chi connectivity index (χ1) is 13.1. The van der Waals surface area contributed by atoms with E-state index < -0.39 is 0 Å². The van der Waals surface area contributed by atoms with Crippen LogP contribution in [0, 0.1) is 19.7 Å². The first kappa shape index (κ1) is 17.3. The van der Waals surface area contributed by atoms with Crippen LogP contribution in [0.1, 0.15) is 22.5 Å². The van der Waals surface area contributed by atoms with Gasteiger partial charge in [0.1, 0.15) is 5.82 Å². The van der Waals surface area contributed by atoms with Gasteiger partial charge in [0.25, 0.3) is 0 Å². The fraction of sp³-hybridized carbons (Fsp3) is 0.174. The van der Waals surface area contributed by atoms with Gasteiger partial charge in [-0.2, -0.15) is 0 Å². The third-order valence-electron chi connectivity index (χ3n) is 5.11. The summed E-state index contributed by atoms with van der Waals surface area (Å²) in [5, 5.41) is 4.59. The number of benzene rings is 2. The lowest BCUT2D eigenvalue weighted by molar-refractivity contribution is 0.628. The summed E-state index contributed by atoms with van der Waals surface area (Å²) in [6.45, 7) is 5.72. The second-order valence-electron chi connectivity index (χ2n) is 6.80. The van der Waals surface area contributed by atoms with Gasteiger partial charge >= 0.3 is 0 Å². The molecule has 136 valence electrons. The molecule has 4 rings (SSSR count). The van der Waals surface area contributed by atoms with E-state index >= 15 is 0 Å². The molecule has 0 saturated carbocycles. The van der Waals surface area contributed by atoms with Gasteiger partial charge < -0.3 is 9.88 Å². The van der Waals surface area contributed by atoms with Crippen molar-refractivity contribution >= 4 is 16.6 Å². The summed E-state index contributed by atoms with van der Waals surface area (Å²) in [5.41, 5.74) is 6.83. The minimum atomic E-state index is -0.233. The fourth-order valence-electron chi connectivity index (χ4n) is 3.51. The van der Waals surface area contributed by atoms with Crippen molar-refractivity contribution in [1.82, 2.24) is 9.55 Å². The maximum Gasteiger partial charge on any atom is 0.123 e. The van der Waals surface area contributed by atoms with E-state index in [9.17, 15) is 4.39 Å². The molecule has 0 radical (unpaired) electrons. The lowest BCUT2D eigenvalue weighted by Crippen LogP contribution is -2.07. The summed E-state index contributed by atoms with van der Waals surface area (Å²) in [4.78, 5) is 4.64. The van der Waals surface area contributed by atoms with Gasteiger partial charge in [0, 0.05) is 29.5 Å². The van der Waals surface area contributed by atoms with Crippen molar-refractivity contribution in [3.8, 4) is 0 Å². The number of nitrogens with one attached hydrogen (secondary N) is 1. The van der Waals surface area contributed by atoms with Crippen LogP contribution >= 0.6 is 0 Å². The summed E-state index contributed by atoms with van der Waals surface area (Å²) >= 11 is 0. The molecule has 2 aromatic heterocycles. The number of fused-ring (bicyclic) bond motifs is 1. The second kappa shape index (κ2) is 7.23. The Hall–Kier alpha value is -3.14. The molecule has 0 unspecified atom stereocenters. The summed E-state index contributed by atoms with van der Waals surface area (Å²) in [6.07, 6.45) is 1.86. The average Bonchev–Trinajstić information content (AvgIpc) is 2.94. The number of aromatic nitrogens is 2. The van der Waals surface area contributed by atoms with E-state index in [2.05, 4.69) is 59.0 Å². The molecule has 0 spiro atoms. The number of anilines is 1. The standard InChI is InChI=1S/C23H22FN3/c1-16-17(2)27(15-18-6-4-3-5-7-18)23-21(16)12-13-25-22(23)14-26-20-10-8-19(24)9-11-20/h3-13,26H,14-15H2,1-2H3. The number of hydrogen-bond donors (Lipinski definition) is 1. The van der Waals surface area contributed by atoms with E-state index in [1.54, 1.807) is 12.1 Å². The lowest BCUT2D eigenvalue weighted by Gasteiger charge is -2.12. The molecule has 0 bridgehead atoms. The monoisotopic (exact) mass is 359 g/mol. The van der Waals surface area contributed by atoms with Crippen molar-refractivity contribution < 1.29 is 4.39 Å². The molecule has 2 heterocycles. The van der Waals surface area contributed by atoms with Crippen molar-refractivity contribution in [2.75, 3.05) is 5.32 Å². The SMILES string of the molecule is Cc1c(C)n(Cc2ccccc2)c2c(CNc3ccc(F)cc3)nccc12. The highest BCUT2D eigenvalue weighted by molar-refractivity contribution is 5.87. The smallest absolute Gasteiger partial charge is 0.123 e. The van der Waals surface area contributed by atoms with Crippen LogP contribution in [0.2, 0.25) is 0 Å². The van der Waals surface area contributed by atoms with Crippen LogP contribution in [-0.2, 0) is 13.1 Å². The van der Waals surface area contributed by atoms with Gasteiger partial charge in [0.05, 0.1) is 17.8 Å². The third-order valence-corrected chi connectivity index (χ3v) is 5.11. The molecule has 3 nitrogen and oxygen atoms in total. The molecule has 0 amide bonds. The normalized spacial score (nSPS) is 11.1. The van der Waals surface area contributed by atoms with Gasteiger partial charge in [-0.15, -0.1) is 0 Å². The summed E-state index contributed by atoms with van der Waals surface area (Å²) in [7, 11) is 0. The number of hydrogen-bond acceptors (Lipinski definition) is 2. The Bertz CT molecular complexity index is 1070. The van der Waals surface area contributed by atoms with Crippen molar-refractivity contribution in [3.63, 3.8) is 0 Å². The van der Waals surface area contributed by atoms with Crippen LogP contribution in [0.3, 0.4) is 0 Å². The predicted octanol–water partition coefficient (Wildman–Crippen LogP) is 5.45. The Morgan fingerprint density at radius 3 is 2.44 bits per heavy atom. The Balaban J connectivity index is 1.72. The van der Waals surface area contributed by atoms with Crippen LogP contribution < -0.4 is 5.32 Å². The van der Waals surface area contributed by atoms with Crippen molar-refractivity contribution in [1.29, 1.82) is 0 Å². The molecule has 2 aromatic carbocycles. The molecule has 0 saturated heterocycles. The number of pyridine rings is 1. The Labute approximate surface area is 158 Å². The van der Waals surface area contributed by atoms with Crippen LogP contribution in [0.15, 0.2) is 66.9 Å². The zero-order valence-electron chi connectivity index (χ0n) is 15.5. The summed E-state index contributed by atoms with van der Waals surface area (Å²) in [5.74, 6) is -0.233. The van der Waals surface area contributed by atoms with E-state index in [0.29, 0.717) is 6.54 Å². The first-order valence-electron chi connectivity index (χ1n) is 9.10. The molecule has 1 N–H and O–H groups in total. The van der Waals surface area contributed by atoms with E-state index in [4.69, 9.17) is 0 Å². The van der Waals surface area contributed by atoms with Gasteiger partial charge in [0.2, 0.25) is 0 Å². The Morgan fingerprint density at radius 2 is 1.70 bits per heavy atom. The maximum atomic E-state index is 13.1. The molecule has 0 atom stereocenters. The van der Waals surface area contributed by atoms with Crippen LogP contribution in [0.5, 0.6) is 0 Å². The van der Waals surface area contributed by atoms with E-state index in [-0.39, 0.29) is 5.82 Å². The summed E-state index contributed by atoms with van der Waals surface area (Å²) in [6, 6.07) is 19.0. The molecule has 27 heavy (non-hydrogen) atoms. The van der Waals surface area contributed by atoms with Crippen molar-refractivity contribution in [2.45, 2.75) is 26.9 Å². The average molecular weight is 359 g/mol. The first-order valence-corrected chi connectivity index (χ1v) is 9.10. The predicted molar refractivity (Wildman–Crippen MR) is 108 cm³/mol. The third kappa shape index (κ3) is 3.43. The maximum absolute atomic E-state index is 13.1. The van der Waals surface area contributed by atoms with Gasteiger partial charge in [-0.25, -0.2) is 4.39 Å². The summed E-state index contributed by atoms with van der Waals surface area (Å²) < 4.78 is 15.5. The van der Waals surface area contributed by atoms with Gasteiger partial charge in [0.15, 0.2) is 0 Å². The zero-order valence-corrected chi connectivity index (χ0v) is 15.5. The van der Waals surface area contributed by atoms with E-state index in [1.807, 2.05) is 12.3 Å². The topological polar surface area (TPSA) is 29.9 Å². The fourth-order valence-corrected chi connectivity index (χ4v) is 3.51. The molecular weight excluding hydrogens is 337 g/mol. The number of nitrogens with zero attached hydrogens (tertiary/aromatic N) is 2. The lowest BCUT2D eigenvalue weighted by atomic mass is 10.1. The highest BCUT2D eigenvalue weighted by Crippen LogP contribution is 2.28. The molecule has 0 aliphatic rings. The number of aryl methyl sites for hydroxylation is 1. The molecule has 4 aromatic rings. The van der Waals surface area contributed by atoms with Crippen molar-refractivity contribution in [2.24, 2.45) is 0 Å². The Morgan fingerprint density at radius 1 is 0.963 bits per heavy atom. The molecule has 0 aliphatic heterocycles. The Kier molecular flexibility index (Phi) is 4.63. The highest BCUT2D eigenvalue weighted by atomic mass is 19.1. The highest BCUT2D eigenvalue weighted by Gasteiger charge is 2.15. The van der Waals surface area contributed by atoms with Gasteiger partial charge in [-0.3, -0.25) is 4.98 Å². The van der Waals surface area contributed by atoms with Gasteiger partial charge in [-0.05, 0) is 55.3 Å². The van der Waals surface area contributed by atoms with Crippen LogP contribution in [0.25, 0.3) is 10.9 Å². The number of halogens is 1. The molecule has 0 aliphatic carbocycles. The van der Waals surface area contributed by atoms with E-state index in [0.717, 1.165) is 23.4 Å². The van der Waals surface area contributed by atoms with Gasteiger partial charge in [-0.1, -0.05) is 30.3 Å². The second-order valence-corrected chi connectivity index (χ2v) is 6.80. The van der Waals surface area contributed by atoms with Crippen LogP contribution in [-0.4, -0.2) is 9.55 Å².